The Kier molecular flexibility index (Phi) is 6.07. The first-order valence-corrected chi connectivity index (χ1v) is 10.9. The third-order valence-corrected chi connectivity index (χ3v) is 6.21. The standard InChI is InChI=1S/C24H19Cl2F3N2O2/c1-2-21-23(33,15-4-3-5-16(14-15)24(27,28)29)31(20-12-8-18(26)9-13-20)22(32)30(21)19-10-6-17(25)7-11-19/h3-14,21,33H,2H2,1H3. The van der Waals surface area contributed by atoms with Crippen LogP contribution in [-0.4, -0.2) is 17.2 Å². The summed E-state index contributed by atoms with van der Waals surface area (Å²) in [6.45, 7) is 1.75. The Morgan fingerprint density at radius 1 is 0.939 bits per heavy atom. The molecule has 33 heavy (non-hydrogen) atoms. The maximum Gasteiger partial charge on any atom is 0.416 e. The van der Waals surface area contributed by atoms with Gasteiger partial charge in [0, 0.05) is 27.0 Å². The first kappa shape index (κ1) is 23.4. The number of benzene rings is 3. The highest BCUT2D eigenvalue weighted by atomic mass is 35.5. The lowest BCUT2D eigenvalue weighted by molar-refractivity contribution is -0.137. The van der Waals surface area contributed by atoms with Crippen LogP contribution in [0.25, 0.3) is 0 Å². The average molecular weight is 495 g/mol. The van der Waals surface area contributed by atoms with E-state index in [4.69, 9.17) is 23.2 Å². The van der Waals surface area contributed by atoms with E-state index in [1.54, 1.807) is 43.3 Å². The smallest absolute Gasteiger partial charge is 0.365 e. The molecule has 1 saturated heterocycles. The summed E-state index contributed by atoms with van der Waals surface area (Å²) >= 11 is 12.0. The number of hydrogen-bond acceptors (Lipinski definition) is 2. The highest BCUT2D eigenvalue weighted by Crippen LogP contribution is 2.46. The van der Waals surface area contributed by atoms with Crippen LogP contribution < -0.4 is 9.80 Å². The Bertz CT molecular complexity index is 1170. The van der Waals surface area contributed by atoms with Gasteiger partial charge in [-0.3, -0.25) is 9.80 Å². The van der Waals surface area contributed by atoms with E-state index >= 15 is 0 Å². The maximum absolute atomic E-state index is 13.7. The number of urea groups is 1. The monoisotopic (exact) mass is 494 g/mol. The molecule has 0 saturated carbocycles. The fraction of sp³-hybridized carbons (Fsp3) is 0.208. The van der Waals surface area contributed by atoms with Gasteiger partial charge in [-0.25, -0.2) is 4.79 Å². The average Bonchev–Trinajstić information content (AvgIpc) is 3.01. The Labute approximate surface area is 198 Å². The molecule has 2 amide bonds. The summed E-state index contributed by atoms with van der Waals surface area (Å²) in [4.78, 5) is 16.2. The molecule has 2 unspecified atom stereocenters. The molecule has 1 heterocycles. The molecule has 172 valence electrons. The quantitative estimate of drug-likeness (QED) is 0.420. The lowest BCUT2D eigenvalue weighted by Gasteiger charge is -2.37. The largest absolute Gasteiger partial charge is 0.416 e. The van der Waals surface area contributed by atoms with E-state index in [1.807, 2.05) is 0 Å². The lowest BCUT2D eigenvalue weighted by Crippen LogP contribution is -2.49. The molecular weight excluding hydrogens is 476 g/mol. The van der Waals surface area contributed by atoms with Crippen molar-refractivity contribution in [1.82, 2.24) is 0 Å². The number of halogens is 5. The van der Waals surface area contributed by atoms with Gasteiger partial charge < -0.3 is 5.11 Å². The number of carbonyl (C=O) groups is 1. The minimum absolute atomic E-state index is 0.0519. The van der Waals surface area contributed by atoms with Crippen molar-refractivity contribution in [3.05, 3.63) is 94.0 Å². The highest BCUT2D eigenvalue weighted by Gasteiger charge is 2.58. The zero-order chi connectivity index (χ0) is 24.0. The summed E-state index contributed by atoms with van der Waals surface area (Å²) in [6.07, 6.45) is -4.36. The Morgan fingerprint density at radius 2 is 1.48 bits per heavy atom. The van der Waals surface area contributed by atoms with Gasteiger partial charge in [-0.2, -0.15) is 13.2 Å². The van der Waals surface area contributed by atoms with E-state index in [0.29, 0.717) is 21.4 Å². The molecule has 0 aliphatic carbocycles. The number of rotatable bonds is 4. The van der Waals surface area contributed by atoms with Crippen LogP contribution in [0.5, 0.6) is 0 Å². The van der Waals surface area contributed by atoms with Gasteiger partial charge >= 0.3 is 12.2 Å². The van der Waals surface area contributed by atoms with E-state index < -0.39 is 29.5 Å². The van der Waals surface area contributed by atoms with Gasteiger partial charge in [-0.1, -0.05) is 42.3 Å². The van der Waals surface area contributed by atoms with Gasteiger partial charge in [-0.05, 0) is 67.1 Å². The molecule has 9 heteroatoms. The van der Waals surface area contributed by atoms with E-state index in [1.165, 1.54) is 29.2 Å². The molecule has 1 aliphatic heterocycles. The second kappa shape index (κ2) is 8.56. The molecule has 0 spiro atoms. The van der Waals surface area contributed by atoms with Gasteiger partial charge in [0.1, 0.15) is 0 Å². The van der Waals surface area contributed by atoms with Crippen molar-refractivity contribution < 1.29 is 23.1 Å². The molecule has 0 aromatic heterocycles. The molecule has 3 aromatic carbocycles. The highest BCUT2D eigenvalue weighted by molar-refractivity contribution is 6.31. The van der Waals surface area contributed by atoms with Gasteiger partial charge in [0.25, 0.3) is 0 Å². The van der Waals surface area contributed by atoms with E-state index in [9.17, 15) is 23.1 Å². The zero-order valence-corrected chi connectivity index (χ0v) is 18.9. The van der Waals surface area contributed by atoms with Crippen molar-refractivity contribution in [2.24, 2.45) is 0 Å². The number of carbonyl (C=O) groups excluding carboxylic acids is 1. The predicted octanol–water partition coefficient (Wildman–Crippen LogP) is 7.08. The van der Waals surface area contributed by atoms with Crippen LogP contribution in [0.1, 0.15) is 24.5 Å². The topological polar surface area (TPSA) is 43.8 Å². The van der Waals surface area contributed by atoms with Crippen LogP contribution >= 0.6 is 23.2 Å². The SMILES string of the molecule is CCC1N(c2ccc(Cl)cc2)C(=O)N(c2ccc(Cl)cc2)C1(O)c1cccc(C(F)(F)F)c1. The third kappa shape index (κ3) is 4.05. The summed E-state index contributed by atoms with van der Waals surface area (Å²) < 4.78 is 40.4. The summed E-state index contributed by atoms with van der Waals surface area (Å²) in [5.74, 6) is 0. The number of aliphatic hydroxyl groups is 1. The van der Waals surface area contributed by atoms with Crippen molar-refractivity contribution in [2.45, 2.75) is 31.3 Å². The molecule has 0 bridgehead atoms. The molecular formula is C24H19Cl2F3N2O2. The molecule has 1 aliphatic rings. The summed E-state index contributed by atoms with van der Waals surface area (Å²) in [6, 6.07) is 15.5. The number of amides is 2. The number of alkyl halides is 3. The van der Waals surface area contributed by atoms with E-state index in [2.05, 4.69) is 0 Å². The van der Waals surface area contributed by atoms with Gasteiger partial charge in [0.15, 0.2) is 5.72 Å². The summed E-state index contributed by atoms with van der Waals surface area (Å²) in [5, 5.41) is 13.0. The third-order valence-electron chi connectivity index (χ3n) is 5.71. The summed E-state index contributed by atoms with van der Waals surface area (Å²) in [7, 11) is 0. The minimum atomic E-state index is -4.61. The molecule has 1 N–H and O–H groups in total. The molecule has 4 rings (SSSR count). The maximum atomic E-state index is 13.7. The van der Waals surface area contributed by atoms with E-state index in [-0.39, 0.29) is 12.0 Å². The Balaban J connectivity index is 1.95. The van der Waals surface area contributed by atoms with E-state index in [0.717, 1.165) is 17.0 Å². The van der Waals surface area contributed by atoms with Crippen molar-refractivity contribution in [2.75, 3.05) is 9.80 Å². The van der Waals surface area contributed by atoms with Crippen LogP contribution in [0.4, 0.5) is 29.3 Å². The first-order valence-electron chi connectivity index (χ1n) is 10.1. The van der Waals surface area contributed by atoms with Crippen LogP contribution in [-0.2, 0) is 11.9 Å². The fourth-order valence-electron chi connectivity index (χ4n) is 4.22. The Hall–Kier alpha value is -2.74. The number of nitrogens with zero attached hydrogens (tertiary/aromatic N) is 2. The Morgan fingerprint density at radius 3 is 2.00 bits per heavy atom. The van der Waals surface area contributed by atoms with Crippen LogP contribution in [0.3, 0.4) is 0 Å². The minimum Gasteiger partial charge on any atom is -0.365 e. The second-order valence-electron chi connectivity index (χ2n) is 7.67. The summed E-state index contributed by atoms with van der Waals surface area (Å²) in [5.41, 5.74) is -2.32. The first-order chi connectivity index (χ1) is 15.6. The molecule has 2 atom stereocenters. The fourth-order valence-corrected chi connectivity index (χ4v) is 4.47. The normalized spacial score (nSPS) is 21.1. The van der Waals surface area contributed by atoms with Crippen molar-refractivity contribution in [3.8, 4) is 0 Å². The van der Waals surface area contributed by atoms with Gasteiger partial charge in [0.2, 0.25) is 0 Å². The molecule has 3 aromatic rings. The number of hydrogen-bond donors (Lipinski definition) is 1. The van der Waals surface area contributed by atoms with Crippen LogP contribution in [0.15, 0.2) is 72.8 Å². The second-order valence-corrected chi connectivity index (χ2v) is 8.54. The molecule has 4 nitrogen and oxygen atoms in total. The van der Waals surface area contributed by atoms with Crippen molar-refractivity contribution >= 4 is 40.6 Å². The van der Waals surface area contributed by atoms with Gasteiger partial charge in [0.05, 0.1) is 11.6 Å². The zero-order valence-electron chi connectivity index (χ0n) is 17.4. The van der Waals surface area contributed by atoms with Crippen molar-refractivity contribution in [1.29, 1.82) is 0 Å². The lowest BCUT2D eigenvalue weighted by atomic mass is 9.90. The molecule has 0 radical (unpaired) electrons. The molecule has 1 fully saturated rings. The van der Waals surface area contributed by atoms with Crippen molar-refractivity contribution in [3.63, 3.8) is 0 Å². The van der Waals surface area contributed by atoms with Crippen LogP contribution in [0.2, 0.25) is 10.0 Å². The predicted molar refractivity (Wildman–Crippen MR) is 123 cm³/mol. The van der Waals surface area contributed by atoms with Crippen LogP contribution in [0, 0.1) is 0 Å². The number of anilines is 2. The van der Waals surface area contributed by atoms with Gasteiger partial charge in [-0.15, -0.1) is 0 Å².